The molecule has 1 N–H and O–H groups in total. The molecule has 0 saturated carbocycles. The number of aliphatic hydroxyl groups is 1. The van der Waals surface area contributed by atoms with E-state index in [-0.39, 0.29) is 11.3 Å². The minimum Gasteiger partial charge on any atom is -0.492 e. The summed E-state index contributed by atoms with van der Waals surface area (Å²) in [6.07, 6.45) is 0.746. The first-order valence-corrected chi connectivity index (χ1v) is 8.14. The summed E-state index contributed by atoms with van der Waals surface area (Å²) < 4.78 is 5.72. The van der Waals surface area contributed by atoms with Crippen molar-refractivity contribution in [1.82, 2.24) is 0 Å². The normalized spacial score (nSPS) is 28.2. The van der Waals surface area contributed by atoms with Crippen LogP contribution < -0.4 is 0 Å². The van der Waals surface area contributed by atoms with E-state index in [1.54, 1.807) is 0 Å². The van der Waals surface area contributed by atoms with E-state index >= 15 is 0 Å². The number of carbonyl (C=O) groups excluding carboxylic acids is 2. The maximum atomic E-state index is 12.8. The van der Waals surface area contributed by atoms with Crippen LogP contribution in [0.3, 0.4) is 0 Å². The molecule has 1 heterocycles. The number of Topliss-reactive ketones (excluding diaryl/α,β-unsaturated/α-hetero) is 2. The standard InChI is InChI=1S/C19H20O4/c1-9-8-23-18-10-4-5-11-15(12(20)6-7-19(11,2)3)14(10)17(22)16(21)13(9)18/h4-5,9,12,20H,6-8H2,1-3H3/t9-,12+/m0/s1. The van der Waals surface area contributed by atoms with Crippen molar-refractivity contribution in [3.05, 3.63) is 40.0 Å². The molecule has 0 bridgehead atoms. The van der Waals surface area contributed by atoms with Crippen LogP contribution in [0, 0.1) is 5.92 Å². The van der Waals surface area contributed by atoms with Crippen molar-refractivity contribution in [1.29, 1.82) is 0 Å². The van der Waals surface area contributed by atoms with E-state index in [4.69, 9.17) is 4.74 Å². The zero-order chi connectivity index (χ0) is 16.5. The van der Waals surface area contributed by atoms with Gasteiger partial charge in [0.15, 0.2) is 0 Å². The van der Waals surface area contributed by atoms with Crippen LogP contribution in [0.2, 0.25) is 0 Å². The molecule has 0 radical (unpaired) electrons. The highest BCUT2D eigenvalue weighted by atomic mass is 16.5. The van der Waals surface area contributed by atoms with Gasteiger partial charge in [0, 0.05) is 17.0 Å². The van der Waals surface area contributed by atoms with Crippen LogP contribution in [0.4, 0.5) is 0 Å². The molecule has 4 rings (SSSR count). The lowest BCUT2D eigenvalue weighted by Gasteiger charge is -2.37. The molecule has 0 fully saturated rings. The summed E-state index contributed by atoms with van der Waals surface area (Å²) >= 11 is 0. The Bertz CT molecular complexity index is 785. The van der Waals surface area contributed by atoms with Gasteiger partial charge in [-0.25, -0.2) is 0 Å². The molecule has 1 aromatic carbocycles. The van der Waals surface area contributed by atoms with Crippen LogP contribution in [0.25, 0.3) is 5.76 Å². The second-order valence-corrected chi connectivity index (χ2v) is 7.50. The molecule has 0 saturated heterocycles. The Morgan fingerprint density at radius 2 is 1.96 bits per heavy atom. The first-order chi connectivity index (χ1) is 10.8. The van der Waals surface area contributed by atoms with E-state index in [0.717, 1.165) is 12.0 Å². The van der Waals surface area contributed by atoms with E-state index in [9.17, 15) is 14.7 Å². The number of fused-ring (bicyclic) bond motifs is 4. The summed E-state index contributed by atoms with van der Waals surface area (Å²) in [4.78, 5) is 25.3. The van der Waals surface area contributed by atoms with Gasteiger partial charge in [-0.15, -0.1) is 0 Å². The number of aliphatic hydroxyl groups excluding tert-OH is 1. The van der Waals surface area contributed by atoms with Gasteiger partial charge in [0.1, 0.15) is 5.76 Å². The fourth-order valence-corrected chi connectivity index (χ4v) is 4.15. The lowest BCUT2D eigenvalue weighted by atomic mass is 9.68. The third kappa shape index (κ3) is 1.81. The monoisotopic (exact) mass is 312 g/mol. The zero-order valence-corrected chi connectivity index (χ0v) is 13.6. The highest BCUT2D eigenvalue weighted by molar-refractivity contribution is 6.52. The number of rotatable bonds is 0. The summed E-state index contributed by atoms with van der Waals surface area (Å²) in [5, 5.41) is 10.5. The Kier molecular flexibility index (Phi) is 2.89. The van der Waals surface area contributed by atoms with Crippen LogP contribution in [-0.2, 0) is 14.9 Å². The Labute approximate surface area is 135 Å². The fourth-order valence-electron chi connectivity index (χ4n) is 4.15. The number of ether oxygens (including phenoxy) is 1. The van der Waals surface area contributed by atoms with Crippen LogP contribution >= 0.6 is 0 Å². The van der Waals surface area contributed by atoms with Gasteiger partial charge in [-0.05, 0) is 29.4 Å². The van der Waals surface area contributed by atoms with Crippen molar-refractivity contribution in [3.8, 4) is 0 Å². The van der Waals surface area contributed by atoms with Gasteiger partial charge in [-0.1, -0.05) is 32.9 Å². The molecule has 0 unspecified atom stereocenters. The maximum Gasteiger partial charge on any atom is 0.234 e. The molecule has 0 aromatic heterocycles. The van der Waals surface area contributed by atoms with Gasteiger partial charge >= 0.3 is 0 Å². The number of ketones is 2. The van der Waals surface area contributed by atoms with Crippen LogP contribution in [0.15, 0.2) is 17.7 Å². The molecular weight excluding hydrogens is 292 g/mol. The summed E-state index contributed by atoms with van der Waals surface area (Å²) in [6, 6.07) is 3.86. The Balaban J connectivity index is 2.05. The van der Waals surface area contributed by atoms with E-state index in [1.165, 1.54) is 0 Å². The number of hydrogen-bond acceptors (Lipinski definition) is 4. The minimum absolute atomic E-state index is 0.0630. The van der Waals surface area contributed by atoms with Gasteiger partial charge in [0.05, 0.1) is 18.3 Å². The number of carbonyl (C=O) groups is 2. The molecule has 4 heteroatoms. The Morgan fingerprint density at radius 1 is 1.22 bits per heavy atom. The van der Waals surface area contributed by atoms with Gasteiger partial charge in [0.25, 0.3) is 0 Å². The van der Waals surface area contributed by atoms with E-state index in [2.05, 4.69) is 13.8 Å². The lowest BCUT2D eigenvalue weighted by molar-refractivity contribution is -0.112. The SMILES string of the molecule is C[C@H]1COC2=C1C(=O)C(=O)c1c2ccc2c1[C@H](O)CCC2(C)C. The first-order valence-electron chi connectivity index (χ1n) is 8.14. The second kappa shape index (κ2) is 4.54. The first kappa shape index (κ1) is 14.6. The molecule has 120 valence electrons. The molecular formula is C19H20O4. The number of benzene rings is 1. The molecule has 1 aliphatic heterocycles. The number of hydrogen-bond donors (Lipinski definition) is 1. The third-order valence-electron chi connectivity index (χ3n) is 5.49. The van der Waals surface area contributed by atoms with Crippen molar-refractivity contribution < 1.29 is 19.4 Å². The topological polar surface area (TPSA) is 63.6 Å². The molecule has 1 aromatic rings. The van der Waals surface area contributed by atoms with Crippen molar-refractivity contribution in [2.45, 2.75) is 45.1 Å². The van der Waals surface area contributed by atoms with Crippen LogP contribution in [0.5, 0.6) is 0 Å². The highest BCUT2D eigenvalue weighted by Gasteiger charge is 2.44. The summed E-state index contributed by atoms with van der Waals surface area (Å²) in [7, 11) is 0. The maximum absolute atomic E-state index is 12.8. The molecule has 0 spiro atoms. The summed E-state index contributed by atoms with van der Waals surface area (Å²) in [6.45, 7) is 6.54. The summed E-state index contributed by atoms with van der Waals surface area (Å²) in [5.74, 6) is -0.492. The zero-order valence-electron chi connectivity index (χ0n) is 13.6. The Morgan fingerprint density at radius 3 is 2.70 bits per heavy atom. The highest BCUT2D eigenvalue weighted by Crippen LogP contribution is 2.48. The molecule has 0 amide bonds. The molecule has 3 aliphatic rings. The van der Waals surface area contributed by atoms with E-state index in [1.807, 2.05) is 19.1 Å². The van der Waals surface area contributed by atoms with Gasteiger partial charge < -0.3 is 9.84 Å². The van der Waals surface area contributed by atoms with Crippen LogP contribution in [0.1, 0.15) is 66.8 Å². The van der Waals surface area contributed by atoms with Crippen molar-refractivity contribution >= 4 is 17.3 Å². The second-order valence-electron chi connectivity index (χ2n) is 7.50. The molecule has 2 atom stereocenters. The van der Waals surface area contributed by atoms with Crippen LogP contribution in [-0.4, -0.2) is 23.3 Å². The lowest BCUT2D eigenvalue weighted by Crippen LogP contribution is -2.32. The quantitative estimate of drug-likeness (QED) is 0.748. The molecule has 23 heavy (non-hydrogen) atoms. The van der Waals surface area contributed by atoms with Gasteiger partial charge in [-0.3, -0.25) is 9.59 Å². The van der Waals surface area contributed by atoms with E-state index < -0.39 is 17.7 Å². The van der Waals surface area contributed by atoms with Crippen molar-refractivity contribution in [3.63, 3.8) is 0 Å². The third-order valence-corrected chi connectivity index (χ3v) is 5.49. The Hall–Kier alpha value is -1.94. The molecule has 4 nitrogen and oxygen atoms in total. The summed E-state index contributed by atoms with van der Waals surface area (Å²) in [5.41, 5.74) is 3.00. The molecule has 2 aliphatic carbocycles. The average Bonchev–Trinajstić information content (AvgIpc) is 2.90. The predicted molar refractivity (Wildman–Crippen MR) is 85.0 cm³/mol. The average molecular weight is 312 g/mol. The largest absolute Gasteiger partial charge is 0.492 e. The van der Waals surface area contributed by atoms with Gasteiger partial charge in [-0.2, -0.15) is 0 Å². The smallest absolute Gasteiger partial charge is 0.234 e. The fraction of sp³-hybridized carbons (Fsp3) is 0.474. The van der Waals surface area contributed by atoms with Crippen molar-refractivity contribution in [2.24, 2.45) is 5.92 Å². The predicted octanol–water partition coefficient (Wildman–Crippen LogP) is 2.93. The van der Waals surface area contributed by atoms with Crippen molar-refractivity contribution in [2.75, 3.05) is 6.61 Å². The van der Waals surface area contributed by atoms with Gasteiger partial charge in [0.2, 0.25) is 11.6 Å². The van der Waals surface area contributed by atoms with E-state index in [0.29, 0.717) is 41.1 Å². The minimum atomic E-state index is -0.703.